The summed E-state index contributed by atoms with van der Waals surface area (Å²) in [7, 11) is 0. The van der Waals surface area contributed by atoms with Crippen molar-refractivity contribution in [3.8, 4) is 17.6 Å². The van der Waals surface area contributed by atoms with Crippen molar-refractivity contribution in [1.82, 2.24) is 20.6 Å². The first-order chi connectivity index (χ1) is 17.9. The van der Waals surface area contributed by atoms with Crippen LogP contribution >= 0.6 is 22.9 Å². The maximum atomic E-state index is 13.4. The molecule has 1 aliphatic heterocycles. The minimum absolute atomic E-state index is 0.0884. The van der Waals surface area contributed by atoms with Crippen LogP contribution in [0.5, 0.6) is 5.75 Å². The van der Waals surface area contributed by atoms with Crippen molar-refractivity contribution >= 4 is 50.8 Å². The lowest BCUT2D eigenvalue weighted by Gasteiger charge is -2.11. The van der Waals surface area contributed by atoms with Crippen LogP contribution in [0.15, 0.2) is 54.9 Å². The molecule has 5 rings (SSSR count). The van der Waals surface area contributed by atoms with E-state index in [0.717, 1.165) is 20.8 Å². The molecule has 0 aliphatic carbocycles. The number of carboxylic acid groups (broad SMARTS) is 1. The third-order valence-electron chi connectivity index (χ3n) is 5.62. The zero-order valence-corrected chi connectivity index (χ0v) is 20.9. The third-order valence-corrected chi connectivity index (χ3v) is 6.96. The molecule has 4 aromatic rings. The Morgan fingerprint density at radius 3 is 2.97 bits per heavy atom. The zero-order valence-electron chi connectivity index (χ0n) is 19.3. The number of amides is 1. The van der Waals surface area contributed by atoms with E-state index in [1.54, 1.807) is 24.3 Å². The number of nitrogens with one attached hydrogen (secondary N) is 3. The van der Waals surface area contributed by atoms with Crippen molar-refractivity contribution in [3.63, 3.8) is 0 Å². The fourth-order valence-electron chi connectivity index (χ4n) is 3.91. The molecular weight excluding hydrogens is 517 g/mol. The second-order valence-corrected chi connectivity index (χ2v) is 9.81. The van der Waals surface area contributed by atoms with E-state index in [0.29, 0.717) is 35.1 Å². The molecule has 2 atom stereocenters. The fraction of sp³-hybridized carbons (Fsp3) is 0.192. The van der Waals surface area contributed by atoms with Gasteiger partial charge < -0.3 is 25.8 Å². The number of carbonyl (C=O) groups is 1. The summed E-state index contributed by atoms with van der Waals surface area (Å²) in [6, 6.07) is 13.2. The molecule has 0 saturated carbocycles. The molecular formula is C26H21ClFN5O3S. The van der Waals surface area contributed by atoms with Crippen LogP contribution in [0.1, 0.15) is 16.9 Å². The number of aromatic nitrogens is 2. The Balaban J connectivity index is 1.27. The molecule has 0 spiro atoms. The Hall–Kier alpha value is -3.91. The topological polar surface area (TPSA) is 108 Å². The number of benzene rings is 2. The first-order valence-electron chi connectivity index (χ1n) is 11.4. The molecule has 0 radical (unpaired) electrons. The monoisotopic (exact) mass is 537 g/mol. The van der Waals surface area contributed by atoms with E-state index in [9.17, 15) is 9.18 Å². The van der Waals surface area contributed by atoms with E-state index < -0.39 is 6.09 Å². The number of fused-ring (bicyclic) bond motifs is 1. The molecule has 2 aromatic carbocycles. The summed E-state index contributed by atoms with van der Waals surface area (Å²) >= 11 is 7.89. The minimum Gasteiger partial charge on any atom is -0.487 e. The summed E-state index contributed by atoms with van der Waals surface area (Å²) in [6.07, 6.45) is 1.06. The van der Waals surface area contributed by atoms with Crippen LogP contribution in [-0.4, -0.2) is 39.8 Å². The summed E-state index contributed by atoms with van der Waals surface area (Å²) in [5.74, 6) is 7.12. The summed E-state index contributed by atoms with van der Waals surface area (Å²) in [5, 5.41) is 18.2. The van der Waals surface area contributed by atoms with Crippen LogP contribution in [0.4, 0.5) is 20.7 Å². The molecule has 1 fully saturated rings. The zero-order chi connectivity index (χ0) is 25.8. The van der Waals surface area contributed by atoms with Gasteiger partial charge in [0.15, 0.2) is 5.82 Å². The van der Waals surface area contributed by atoms with Crippen LogP contribution in [0, 0.1) is 17.7 Å². The largest absolute Gasteiger partial charge is 0.487 e. The lowest BCUT2D eigenvalue weighted by Crippen LogP contribution is -2.34. The molecule has 8 nitrogen and oxygen atoms in total. The number of halogens is 2. The second-order valence-electron chi connectivity index (χ2n) is 8.35. The number of hydrogen-bond donors (Lipinski definition) is 4. The van der Waals surface area contributed by atoms with E-state index >= 15 is 0 Å². The lowest BCUT2D eigenvalue weighted by molar-refractivity contribution is 0.190. The molecule has 11 heteroatoms. The quantitative estimate of drug-likeness (QED) is 0.252. The van der Waals surface area contributed by atoms with Gasteiger partial charge in [0.25, 0.3) is 0 Å². The number of hydrogen-bond acceptors (Lipinski definition) is 7. The van der Waals surface area contributed by atoms with Crippen molar-refractivity contribution in [2.45, 2.75) is 25.1 Å². The highest BCUT2D eigenvalue weighted by atomic mass is 35.5. The van der Waals surface area contributed by atoms with E-state index in [1.165, 1.54) is 29.8 Å². The Morgan fingerprint density at radius 1 is 1.27 bits per heavy atom. The SMILES string of the molecule is O=C(O)N[C@H]1CN[C@@H](C#Cc2cc3ncnc(Nc4ccc(OCc5cccc(F)c5)c(Cl)c4)c3s2)C1. The van der Waals surface area contributed by atoms with Gasteiger partial charge in [0.05, 0.1) is 26.2 Å². The van der Waals surface area contributed by atoms with Crippen LogP contribution < -0.4 is 20.7 Å². The van der Waals surface area contributed by atoms with Crippen molar-refractivity contribution in [1.29, 1.82) is 0 Å². The number of ether oxygens (including phenoxy) is 1. The van der Waals surface area contributed by atoms with Gasteiger partial charge in [-0.2, -0.15) is 0 Å². The Morgan fingerprint density at radius 2 is 2.16 bits per heavy atom. The summed E-state index contributed by atoms with van der Waals surface area (Å²) in [4.78, 5) is 20.4. The van der Waals surface area contributed by atoms with Gasteiger partial charge in [-0.15, -0.1) is 11.3 Å². The van der Waals surface area contributed by atoms with Gasteiger partial charge >= 0.3 is 6.09 Å². The van der Waals surface area contributed by atoms with Gasteiger partial charge in [-0.25, -0.2) is 19.2 Å². The van der Waals surface area contributed by atoms with Gasteiger partial charge in [-0.1, -0.05) is 35.6 Å². The smallest absolute Gasteiger partial charge is 0.404 e. The Bertz CT molecular complexity index is 1520. The first kappa shape index (κ1) is 24.8. The standard InChI is InChI=1S/C26H21ClFN5O3S/c27-21-10-18(5-7-23(21)36-13-15-2-1-3-16(28)8-15)32-25-24-22(30-14-31-25)11-20(37-24)6-4-17-9-19(12-29-17)33-26(34)35/h1-3,5,7-8,10-11,14,17,19,29,33H,9,12-13H2,(H,34,35)(H,30,31,32)/t17-,19+/m0/s1. The molecule has 188 valence electrons. The molecule has 37 heavy (non-hydrogen) atoms. The maximum absolute atomic E-state index is 13.4. The van der Waals surface area contributed by atoms with Gasteiger partial charge in [0, 0.05) is 18.3 Å². The molecule has 2 aromatic heterocycles. The van der Waals surface area contributed by atoms with Crippen molar-refractivity contribution < 1.29 is 19.0 Å². The van der Waals surface area contributed by atoms with Gasteiger partial charge in [-0.05, 0) is 48.4 Å². The van der Waals surface area contributed by atoms with Gasteiger partial charge in [0.1, 0.15) is 24.5 Å². The molecule has 0 bridgehead atoms. The van der Waals surface area contributed by atoms with Crippen LogP contribution in [0.3, 0.4) is 0 Å². The van der Waals surface area contributed by atoms with E-state index in [4.69, 9.17) is 21.4 Å². The summed E-state index contributed by atoms with van der Waals surface area (Å²) in [5.41, 5.74) is 2.19. The average molecular weight is 538 g/mol. The number of rotatable bonds is 6. The number of anilines is 2. The van der Waals surface area contributed by atoms with Crippen LogP contribution in [0.25, 0.3) is 10.2 Å². The van der Waals surface area contributed by atoms with Crippen LogP contribution in [0.2, 0.25) is 5.02 Å². The molecule has 1 saturated heterocycles. The molecule has 1 aliphatic rings. The number of thiophene rings is 1. The predicted octanol–water partition coefficient (Wildman–Crippen LogP) is 5.16. The highest BCUT2D eigenvalue weighted by molar-refractivity contribution is 7.20. The second kappa shape index (κ2) is 11.0. The summed E-state index contributed by atoms with van der Waals surface area (Å²) < 4.78 is 20.0. The maximum Gasteiger partial charge on any atom is 0.404 e. The highest BCUT2D eigenvalue weighted by Crippen LogP contribution is 2.33. The normalized spacial score (nSPS) is 16.7. The third kappa shape index (κ3) is 6.27. The predicted molar refractivity (Wildman–Crippen MR) is 141 cm³/mol. The Kier molecular flexibility index (Phi) is 7.37. The van der Waals surface area contributed by atoms with Crippen molar-refractivity contribution in [2.24, 2.45) is 0 Å². The lowest BCUT2D eigenvalue weighted by atomic mass is 10.2. The first-order valence-corrected chi connectivity index (χ1v) is 12.5. The molecule has 0 unspecified atom stereocenters. The highest BCUT2D eigenvalue weighted by Gasteiger charge is 2.23. The van der Waals surface area contributed by atoms with E-state index in [-0.39, 0.29) is 24.5 Å². The molecule has 4 N–H and O–H groups in total. The molecule has 1 amide bonds. The minimum atomic E-state index is -1.03. The van der Waals surface area contributed by atoms with Gasteiger partial charge in [0.2, 0.25) is 0 Å². The summed E-state index contributed by atoms with van der Waals surface area (Å²) in [6.45, 7) is 0.748. The number of nitrogens with zero attached hydrogens (tertiary/aromatic N) is 2. The fourth-order valence-corrected chi connectivity index (χ4v) is 5.07. The Labute approximate surface area is 220 Å². The average Bonchev–Trinajstić information content (AvgIpc) is 3.49. The van der Waals surface area contributed by atoms with Crippen molar-refractivity contribution in [3.05, 3.63) is 76.1 Å². The van der Waals surface area contributed by atoms with E-state index in [2.05, 4.69) is 37.8 Å². The van der Waals surface area contributed by atoms with Gasteiger partial charge in [-0.3, -0.25) is 0 Å². The molecule has 3 heterocycles. The van der Waals surface area contributed by atoms with E-state index in [1.807, 2.05) is 12.1 Å². The van der Waals surface area contributed by atoms with Crippen molar-refractivity contribution in [2.75, 3.05) is 11.9 Å². The van der Waals surface area contributed by atoms with Crippen LogP contribution in [-0.2, 0) is 6.61 Å².